The summed E-state index contributed by atoms with van der Waals surface area (Å²) in [6.45, 7) is 1.98. The van der Waals surface area contributed by atoms with Gasteiger partial charge < -0.3 is 8.94 Å². The van der Waals surface area contributed by atoms with Crippen molar-refractivity contribution < 1.29 is 13.7 Å². The molecule has 0 radical (unpaired) electrons. The van der Waals surface area contributed by atoms with E-state index < -0.39 is 0 Å². The number of rotatable bonds is 4. The van der Waals surface area contributed by atoms with Crippen LogP contribution >= 0.6 is 0 Å². The Morgan fingerprint density at radius 2 is 2.10 bits per heavy atom. The van der Waals surface area contributed by atoms with E-state index >= 15 is 0 Å². The molecule has 0 fully saturated rings. The van der Waals surface area contributed by atoms with Gasteiger partial charge in [0.15, 0.2) is 11.5 Å². The van der Waals surface area contributed by atoms with Crippen LogP contribution in [0.4, 0.5) is 5.88 Å². The monoisotopic (exact) mass is 282 g/mol. The van der Waals surface area contributed by atoms with Gasteiger partial charge in [-0.3, -0.25) is 10.1 Å². The second-order valence-electron chi connectivity index (χ2n) is 4.71. The first-order chi connectivity index (χ1) is 10.2. The number of aryl methyl sites for hydroxylation is 1. The third kappa shape index (κ3) is 3.02. The van der Waals surface area contributed by atoms with Crippen LogP contribution in [0, 0.1) is 6.92 Å². The van der Waals surface area contributed by atoms with Gasteiger partial charge in [-0.25, -0.2) is 0 Å². The van der Waals surface area contributed by atoms with Gasteiger partial charge in [0.2, 0.25) is 11.8 Å². The lowest BCUT2D eigenvalue weighted by Crippen LogP contribution is -2.14. The number of hydrogen-bond acceptors (Lipinski definition) is 4. The molecule has 0 spiro atoms. The number of hydrogen-bond donors (Lipinski definition) is 1. The average molecular weight is 282 g/mol. The van der Waals surface area contributed by atoms with Crippen molar-refractivity contribution in [3.63, 3.8) is 0 Å². The lowest BCUT2D eigenvalue weighted by molar-refractivity contribution is -0.115. The van der Waals surface area contributed by atoms with Crippen molar-refractivity contribution in [2.24, 2.45) is 0 Å². The van der Waals surface area contributed by atoms with Crippen LogP contribution in [-0.2, 0) is 11.2 Å². The van der Waals surface area contributed by atoms with E-state index in [1.54, 1.807) is 24.5 Å². The van der Waals surface area contributed by atoms with Crippen molar-refractivity contribution in [2.45, 2.75) is 13.3 Å². The van der Waals surface area contributed by atoms with E-state index in [0.717, 1.165) is 11.1 Å². The van der Waals surface area contributed by atoms with Gasteiger partial charge in [0, 0.05) is 6.07 Å². The highest BCUT2D eigenvalue weighted by atomic mass is 16.5. The van der Waals surface area contributed by atoms with Crippen molar-refractivity contribution in [2.75, 3.05) is 5.32 Å². The van der Waals surface area contributed by atoms with Gasteiger partial charge in [-0.2, -0.15) is 0 Å². The SMILES string of the molecule is Cc1ccccc1CC(=O)Nc1cc(-c2ccco2)no1. The zero-order valence-electron chi connectivity index (χ0n) is 11.5. The summed E-state index contributed by atoms with van der Waals surface area (Å²) in [4.78, 5) is 12.0. The summed E-state index contributed by atoms with van der Waals surface area (Å²) in [5.41, 5.74) is 2.62. The second kappa shape index (κ2) is 5.66. The summed E-state index contributed by atoms with van der Waals surface area (Å²) in [5, 5.41) is 6.54. The molecule has 0 aliphatic rings. The van der Waals surface area contributed by atoms with Crippen LogP contribution in [0.2, 0.25) is 0 Å². The molecule has 21 heavy (non-hydrogen) atoms. The van der Waals surface area contributed by atoms with E-state index in [1.807, 2.05) is 31.2 Å². The van der Waals surface area contributed by atoms with Crippen LogP contribution in [0.25, 0.3) is 11.5 Å². The van der Waals surface area contributed by atoms with Gasteiger partial charge in [0.1, 0.15) is 0 Å². The van der Waals surface area contributed by atoms with Gasteiger partial charge in [0.25, 0.3) is 0 Å². The van der Waals surface area contributed by atoms with Gasteiger partial charge in [-0.05, 0) is 30.2 Å². The molecular formula is C16H14N2O3. The second-order valence-corrected chi connectivity index (χ2v) is 4.71. The summed E-state index contributed by atoms with van der Waals surface area (Å²) in [6, 6.07) is 12.9. The normalized spacial score (nSPS) is 10.5. The summed E-state index contributed by atoms with van der Waals surface area (Å²) in [7, 11) is 0. The number of nitrogens with one attached hydrogen (secondary N) is 1. The number of amides is 1. The lowest BCUT2D eigenvalue weighted by atomic mass is 10.1. The maximum absolute atomic E-state index is 12.0. The molecule has 0 bridgehead atoms. The molecule has 0 aliphatic carbocycles. The number of benzene rings is 1. The van der Waals surface area contributed by atoms with Crippen molar-refractivity contribution in [3.8, 4) is 11.5 Å². The Balaban J connectivity index is 1.67. The van der Waals surface area contributed by atoms with E-state index in [4.69, 9.17) is 8.94 Å². The predicted molar refractivity (Wildman–Crippen MR) is 77.7 cm³/mol. The molecule has 3 aromatic rings. The van der Waals surface area contributed by atoms with Gasteiger partial charge in [-0.1, -0.05) is 29.4 Å². The molecule has 0 saturated carbocycles. The summed E-state index contributed by atoms with van der Waals surface area (Å²) < 4.78 is 10.3. The molecule has 1 N–H and O–H groups in total. The van der Waals surface area contributed by atoms with Gasteiger partial charge in [-0.15, -0.1) is 0 Å². The summed E-state index contributed by atoms with van der Waals surface area (Å²) >= 11 is 0. The zero-order valence-corrected chi connectivity index (χ0v) is 11.5. The number of nitrogens with zero attached hydrogens (tertiary/aromatic N) is 1. The first-order valence-electron chi connectivity index (χ1n) is 6.57. The van der Waals surface area contributed by atoms with E-state index in [-0.39, 0.29) is 5.91 Å². The number of anilines is 1. The minimum absolute atomic E-state index is 0.147. The highest BCUT2D eigenvalue weighted by molar-refractivity contribution is 5.91. The topological polar surface area (TPSA) is 68.3 Å². The minimum Gasteiger partial charge on any atom is -0.463 e. The maximum atomic E-state index is 12.0. The number of carbonyl (C=O) groups excluding carboxylic acids is 1. The fourth-order valence-electron chi connectivity index (χ4n) is 2.04. The van der Waals surface area contributed by atoms with E-state index in [0.29, 0.717) is 23.8 Å². The van der Waals surface area contributed by atoms with Crippen molar-refractivity contribution in [1.82, 2.24) is 5.16 Å². The molecular weight excluding hydrogens is 268 g/mol. The highest BCUT2D eigenvalue weighted by Crippen LogP contribution is 2.22. The maximum Gasteiger partial charge on any atom is 0.231 e. The number of aromatic nitrogens is 1. The van der Waals surface area contributed by atoms with E-state index in [2.05, 4.69) is 10.5 Å². The standard InChI is InChI=1S/C16H14N2O3/c1-11-5-2-3-6-12(11)9-15(19)17-16-10-13(18-21-16)14-7-4-8-20-14/h2-8,10H,9H2,1H3,(H,17,19). The molecule has 2 heterocycles. The minimum atomic E-state index is -0.147. The average Bonchev–Trinajstić information content (AvgIpc) is 3.12. The van der Waals surface area contributed by atoms with E-state index in [9.17, 15) is 4.79 Å². The first-order valence-corrected chi connectivity index (χ1v) is 6.57. The molecule has 1 amide bonds. The molecule has 5 heteroatoms. The van der Waals surface area contributed by atoms with Crippen LogP contribution in [0.15, 0.2) is 57.7 Å². The fraction of sp³-hybridized carbons (Fsp3) is 0.125. The first kappa shape index (κ1) is 13.2. The fourth-order valence-corrected chi connectivity index (χ4v) is 2.04. The Hall–Kier alpha value is -2.82. The molecule has 106 valence electrons. The molecule has 5 nitrogen and oxygen atoms in total. The lowest BCUT2D eigenvalue weighted by Gasteiger charge is -2.04. The molecule has 2 aromatic heterocycles. The number of carbonyl (C=O) groups is 1. The van der Waals surface area contributed by atoms with E-state index in [1.165, 1.54) is 0 Å². The van der Waals surface area contributed by atoms with Gasteiger partial charge in [0.05, 0.1) is 12.7 Å². The van der Waals surface area contributed by atoms with Crippen LogP contribution in [0.1, 0.15) is 11.1 Å². The zero-order chi connectivity index (χ0) is 14.7. The predicted octanol–water partition coefficient (Wildman–Crippen LogP) is 3.42. The van der Waals surface area contributed by atoms with Crippen molar-refractivity contribution in [3.05, 3.63) is 59.9 Å². The Kier molecular flexibility index (Phi) is 3.55. The molecule has 0 atom stereocenters. The largest absolute Gasteiger partial charge is 0.463 e. The van der Waals surface area contributed by atoms with Gasteiger partial charge >= 0.3 is 0 Å². The van der Waals surface area contributed by atoms with Crippen LogP contribution < -0.4 is 5.32 Å². The summed E-state index contributed by atoms with van der Waals surface area (Å²) in [6.07, 6.45) is 1.85. The molecule has 0 unspecified atom stereocenters. The molecule has 1 aromatic carbocycles. The van der Waals surface area contributed by atoms with Crippen molar-refractivity contribution in [1.29, 1.82) is 0 Å². The quantitative estimate of drug-likeness (QED) is 0.796. The van der Waals surface area contributed by atoms with Crippen molar-refractivity contribution >= 4 is 11.8 Å². The Morgan fingerprint density at radius 1 is 1.24 bits per heavy atom. The molecule has 0 aliphatic heterocycles. The Morgan fingerprint density at radius 3 is 2.86 bits per heavy atom. The van der Waals surface area contributed by atoms with Crippen LogP contribution in [0.5, 0.6) is 0 Å². The highest BCUT2D eigenvalue weighted by Gasteiger charge is 2.12. The van der Waals surface area contributed by atoms with Crippen LogP contribution in [-0.4, -0.2) is 11.1 Å². The molecule has 3 rings (SSSR count). The van der Waals surface area contributed by atoms with Crippen LogP contribution in [0.3, 0.4) is 0 Å². The third-order valence-electron chi connectivity index (χ3n) is 3.16. The Bertz CT molecular complexity index is 744. The number of furan rings is 1. The summed E-state index contributed by atoms with van der Waals surface area (Å²) in [5.74, 6) is 0.754. The third-order valence-corrected chi connectivity index (χ3v) is 3.16. The Labute approximate surface area is 121 Å². The smallest absolute Gasteiger partial charge is 0.231 e. The molecule has 0 saturated heterocycles.